The van der Waals surface area contributed by atoms with Gasteiger partial charge >= 0.3 is 0 Å². The van der Waals surface area contributed by atoms with Crippen molar-refractivity contribution < 1.29 is 9.47 Å². The number of methoxy groups -OCH3 is 1. The van der Waals surface area contributed by atoms with Crippen LogP contribution in [0.3, 0.4) is 0 Å². The molecule has 0 saturated carbocycles. The number of unbranched alkanes of at least 4 members (excludes halogenated alkanes) is 1. The Morgan fingerprint density at radius 3 is 2.65 bits per heavy atom. The first kappa shape index (κ1) is 22.0. The summed E-state index contributed by atoms with van der Waals surface area (Å²) >= 11 is 0. The second kappa shape index (κ2) is 13.4. The summed E-state index contributed by atoms with van der Waals surface area (Å²) in [6.07, 6.45) is 2.30. The molecule has 1 aromatic rings. The van der Waals surface area contributed by atoms with Crippen LogP contribution in [0.2, 0.25) is 0 Å². The normalized spacial score (nSPS) is 10.9. The van der Waals surface area contributed by atoms with E-state index in [-0.39, 0.29) is 24.0 Å². The van der Waals surface area contributed by atoms with E-state index in [9.17, 15) is 0 Å². The van der Waals surface area contributed by atoms with E-state index in [1.54, 1.807) is 14.2 Å². The summed E-state index contributed by atoms with van der Waals surface area (Å²) in [5.41, 5.74) is 2.29. The Morgan fingerprint density at radius 1 is 1.22 bits per heavy atom. The highest BCUT2D eigenvalue weighted by atomic mass is 127. The average molecular weight is 435 g/mol. The van der Waals surface area contributed by atoms with E-state index < -0.39 is 0 Å². The van der Waals surface area contributed by atoms with Crippen LogP contribution in [0.1, 0.15) is 30.9 Å². The van der Waals surface area contributed by atoms with Crippen molar-refractivity contribution in [1.82, 2.24) is 10.6 Å². The zero-order valence-electron chi connectivity index (χ0n) is 14.6. The number of guanidine groups is 1. The number of benzene rings is 1. The molecule has 0 saturated heterocycles. The predicted octanol–water partition coefficient (Wildman–Crippen LogP) is 3.10. The summed E-state index contributed by atoms with van der Waals surface area (Å²) in [7, 11) is 3.46. The number of aryl methyl sites for hydroxylation is 1. The van der Waals surface area contributed by atoms with Crippen LogP contribution in [0.25, 0.3) is 0 Å². The number of rotatable bonds is 9. The van der Waals surface area contributed by atoms with Crippen LogP contribution in [0.4, 0.5) is 0 Å². The Hall–Kier alpha value is -1.02. The predicted molar refractivity (Wildman–Crippen MR) is 107 cm³/mol. The minimum absolute atomic E-state index is 0. The maximum absolute atomic E-state index is 5.80. The largest absolute Gasteiger partial charge is 0.491 e. The molecule has 23 heavy (non-hydrogen) atoms. The second-order valence-corrected chi connectivity index (χ2v) is 5.16. The Balaban J connectivity index is 0.00000484. The van der Waals surface area contributed by atoms with Crippen LogP contribution in [0.5, 0.6) is 5.75 Å². The molecule has 0 unspecified atom stereocenters. The summed E-state index contributed by atoms with van der Waals surface area (Å²) in [5, 5.41) is 6.62. The van der Waals surface area contributed by atoms with Gasteiger partial charge in [-0.25, -0.2) is 0 Å². The SMILES string of the molecule is CCCCNC(=NC)NCc1ccc(C)cc1OCCOC.I. The first-order valence-electron chi connectivity index (χ1n) is 7.87. The third-order valence-corrected chi connectivity index (χ3v) is 3.26. The first-order valence-corrected chi connectivity index (χ1v) is 7.87. The molecule has 6 heteroatoms. The van der Waals surface area contributed by atoms with Gasteiger partial charge in [-0.05, 0) is 25.0 Å². The van der Waals surface area contributed by atoms with Gasteiger partial charge in [0.1, 0.15) is 12.4 Å². The van der Waals surface area contributed by atoms with Crippen LogP contribution >= 0.6 is 24.0 Å². The standard InChI is InChI=1S/C17H29N3O2.HI/c1-5-6-9-19-17(18-3)20-13-15-8-7-14(2)12-16(15)22-11-10-21-4;/h7-8,12H,5-6,9-11,13H2,1-4H3,(H2,18,19,20);1H. The lowest BCUT2D eigenvalue weighted by atomic mass is 10.1. The molecule has 0 aliphatic heterocycles. The van der Waals surface area contributed by atoms with Gasteiger partial charge < -0.3 is 20.1 Å². The van der Waals surface area contributed by atoms with Crippen LogP contribution < -0.4 is 15.4 Å². The minimum atomic E-state index is 0. The fraction of sp³-hybridized carbons (Fsp3) is 0.588. The molecule has 0 amide bonds. The monoisotopic (exact) mass is 435 g/mol. The molecule has 0 aliphatic carbocycles. The van der Waals surface area contributed by atoms with Gasteiger partial charge in [-0.15, -0.1) is 24.0 Å². The highest BCUT2D eigenvalue weighted by Gasteiger charge is 2.05. The van der Waals surface area contributed by atoms with Crippen molar-refractivity contribution in [3.8, 4) is 5.75 Å². The maximum Gasteiger partial charge on any atom is 0.191 e. The van der Waals surface area contributed by atoms with Crippen molar-refractivity contribution in [2.45, 2.75) is 33.2 Å². The van der Waals surface area contributed by atoms with Crippen molar-refractivity contribution in [3.63, 3.8) is 0 Å². The molecule has 0 fully saturated rings. The Kier molecular flexibility index (Phi) is 12.8. The van der Waals surface area contributed by atoms with Gasteiger partial charge in [-0.3, -0.25) is 4.99 Å². The summed E-state index contributed by atoms with van der Waals surface area (Å²) < 4.78 is 10.8. The van der Waals surface area contributed by atoms with E-state index in [1.807, 2.05) is 0 Å². The number of hydrogen-bond donors (Lipinski definition) is 2. The molecule has 2 N–H and O–H groups in total. The first-order chi connectivity index (χ1) is 10.7. The number of hydrogen-bond acceptors (Lipinski definition) is 3. The topological polar surface area (TPSA) is 54.9 Å². The third kappa shape index (κ3) is 9.00. The van der Waals surface area contributed by atoms with E-state index in [0.717, 1.165) is 30.2 Å². The van der Waals surface area contributed by atoms with Gasteiger partial charge in [0, 0.05) is 32.8 Å². The van der Waals surface area contributed by atoms with Crippen LogP contribution in [0, 0.1) is 6.92 Å². The molecule has 0 atom stereocenters. The molecule has 1 aromatic carbocycles. The van der Waals surface area contributed by atoms with Gasteiger partial charge in [-0.1, -0.05) is 25.5 Å². The number of nitrogens with one attached hydrogen (secondary N) is 2. The summed E-state index contributed by atoms with van der Waals surface area (Å²) in [5.74, 6) is 1.71. The van der Waals surface area contributed by atoms with Crippen molar-refractivity contribution in [3.05, 3.63) is 29.3 Å². The number of halogens is 1. The maximum atomic E-state index is 5.80. The highest BCUT2D eigenvalue weighted by Crippen LogP contribution is 2.20. The van der Waals surface area contributed by atoms with Crippen molar-refractivity contribution >= 4 is 29.9 Å². The third-order valence-electron chi connectivity index (χ3n) is 3.26. The molecule has 1 rings (SSSR count). The van der Waals surface area contributed by atoms with Crippen LogP contribution in [-0.2, 0) is 11.3 Å². The van der Waals surface area contributed by atoms with Gasteiger partial charge in [0.25, 0.3) is 0 Å². The van der Waals surface area contributed by atoms with Gasteiger partial charge in [0.15, 0.2) is 5.96 Å². The molecular formula is C17H30IN3O2. The van der Waals surface area contributed by atoms with Crippen molar-refractivity contribution in [2.75, 3.05) is 33.9 Å². The smallest absolute Gasteiger partial charge is 0.191 e. The van der Waals surface area contributed by atoms with Gasteiger partial charge in [0.05, 0.1) is 6.61 Å². The molecule has 0 spiro atoms. The Bertz CT molecular complexity index is 467. The lowest BCUT2D eigenvalue weighted by Gasteiger charge is -2.15. The molecular weight excluding hydrogens is 405 g/mol. The summed E-state index contributed by atoms with van der Waals surface area (Å²) in [4.78, 5) is 4.23. The fourth-order valence-electron chi connectivity index (χ4n) is 1.96. The van der Waals surface area contributed by atoms with E-state index in [2.05, 4.69) is 47.7 Å². The zero-order chi connectivity index (χ0) is 16.2. The average Bonchev–Trinajstić information content (AvgIpc) is 2.52. The number of aliphatic imine (C=N–C) groups is 1. The highest BCUT2D eigenvalue weighted by molar-refractivity contribution is 14.0. The lowest BCUT2D eigenvalue weighted by Crippen LogP contribution is -2.37. The van der Waals surface area contributed by atoms with E-state index in [4.69, 9.17) is 9.47 Å². The fourth-order valence-corrected chi connectivity index (χ4v) is 1.96. The Morgan fingerprint density at radius 2 is 2.00 bits per heavy atom. The molecule has 0 aliphatic rings. The van der Waals surface area contributed by atoms with Crippen molar-refractivity contribution in [1.29, 1.82) is 0 Å². The molecule has 132 valence electrons. The molecule has 0 bridgehead atoms. The molecule has 0 radical (unpaired) electrons. The number of ether oxygens (including phenoxy) is 2. The molecule has 5 nitrogen and oxygen atoms in total. The van der Waals surface area contributed by atoms with Crippen LogP contribution in [-0.4, -0.2) is 39.9 Å². The number of nitrogens with zero attached hydrogens (tertiary/aromatic N) is 1. The Labute approximate surface area is 157 Å². The summed E-state index contributed by atoms with van der Waals surface area (Å²) in [6, 6.07) is 6.23. The van der Waals surface area contributed by atoms with Gasteiger partial charge in [-0.2, -0.15) is 0 Å². The second-order valence-electron chi connectivity index (χ2n) is 5.16. The molecule has 0 heterocycles. The van der Waals surface area contributed by atoms with E-state index >= 15 is 0 Å². The van der Waals surface area contributed by atoms with Gasteiger partial charge in [0.2, 0.25) is 0 Å². The van der Waals surface area contributed by atoms with E-state index in [1.165, 1.54) is 12.0 Å². The lowest BCUT2D eigenvalue weighted by molar-refractivity contribution is 0.145. The van der Waals surface area contributed by atoms with Crippen LogP contribution in [0.15, 0.2) is 23.2 Å². The van der Waals surface area contributed by atoms with Crippen molar-refractivity contribution in [2.24, 2.45) is 4.99 Å². The zero-order valence-corrected chi connectivity index (χ0v) is 17.0. The minimum Gasteiger partial charge on any atom is -0.491 e. The van der Waals surface area contributed by atoms with E-state index in [0.29, 0.717) is 19.8 Å². The quantitative estimate of drug-likeness (QED) is 0.271. The molecule has 0 aromatic heterocycles. The summed E-state index contributed by atoms with van der Waals surface area (Å²) in [6.45, 7) is 6.98.